The fourth-order valence-corrected chi connectivity index (χ4v) is 5.22. The van der Waals surface area contributed by atoms with Gasteiger partial charge >= 0.3 is 0 Å². The lowest BCUT2D eigenvalue weighted by Crippen LogP contribution is -2.37. The van der Waals surface area contributed by atoms with Crippen molar-refractivity contribution in [2.75, 3.05) is 25.6 Å². The first kappa shape index (κ1) is 14.8. The van der Waals surface area contributed by atoms with E-state index in [2.05, 4.69) is 5.32 Å². The van der Waals surface area contributed by atoms with E-state index >= 15 is 0 Å². The number of thioether (sulfide) groups is 1. The molecule has 1 unspecified atom stereocenters. The van der Waals surface area contributed by atoms with Gasteiger partial charge in [-0.1, -0.05) is 18.2 Å². The molecule has 6 heteroatoms. The Balaban J connectivity index is 2.33. The zero-order chi connectivity index (χ0) is 13.9. The number of sulfonamides is 1. The van der Waals surface area contributed by atoms with Crippen LogP contribution in [0, 0.1) is 0 Å². The molecule has 1 N–H and O–H groups in total. The van der Waals surface area contributed by atoms with Crippen molar-refractivity contribution in [3.8, 4) is 0 Å². The van der Waals surface area contributed by atoms with Crippen molar-refractivity contribution in [3.63, 3.8) is 0 Å². The lowest BCUT2D eigenvalue weighted by Gasteiger charge is -2.24. The van der Waals surface area contributed by atoms with Crippen LogP contribution >= 0.6 is 11.8 Å². The minimum atomic E-state index is -3.40. The van der Waals surface area contributed by atoms with E-state index in [0.29, 0.717) is 11.4 Å². The van der Waals surface area contributed by atoms with Gasteiger partial charge in [-0.2, -0.15) is 16.1 Å². The van der Waals surface area contributed by atoms with Crippen LogP contribution in [0.1, 0.15) is 12.0 Å². The van der Waals surface area contributed by atoms with Gasteiger partial charge in [0.25, 0.3) is 0 Å². The molecular formula is C13H20N2O2S2. The van der Waals surface area contributed by atoms with Gasteiger partial charge in [-0.3, -0.25) is 0 Å². The van der Waals surface area contributed by atoms with Crippen LogP contribution in [-0.2, 0) is 16.6 Å². The lowest BCUT2D eigenvalue weighted by molar-refractivity contribution is 0.394. The highest BCUT2D eigenvalue weighted by molar-refractivity contribution is 7.99. The average molecular weight is 300 g/mol. The van der Waals surface area contributed by atoms with Crippen molar-refractivity contribution >= 4 is 21.8 Å². The van der Waals surface area contributed by atoms with Crippen LogP contribution in [-0.4, -0.2) is 44.4 Å². The topological polar surface area (TPSA) is 49.4 Å². The zero-order valence-corrected chi connectivity index (χ0v) is 12.9. The molecule has 1 aromatic rings. The molecule has 1 aliphatic heterocycles. The van der Waals surface area contributed by atoms with Gasteiger partial charge in [-0.15, -0.1) is 0 Å². The molecule has 1 heterocycles. The van der Waals surface area contributed by atoms with E-state index in [1.165, 1.54) is 0 Å². The number of nitrogens with one attached hydrogen (secondary N) is 1. The minimum absolute atomic E-state index is 0.123. The molecule has 1 atom stereocenters. The van der Waals surface area contributed by atoms with Gasteiger partial charge in [0.2, 0.25) is 10.0 Å². The molecule has 0 aromatic heterocycles. The van der Waals surface area contributed by atoms with Gasteiger partial charge in [0, 0.05) is 25.4 Å². The first-order valence-corrected chi connectivity index (χ1v) is 8.95. The Hall–Kier alpha value is -0.560. The predicted octanol–water partition coefficient (Wildman–Crippen LogP) is 1.53. The van der Waals surface area contributed by atoms with Gasteiger partial charge < -0.3 is 5.32 Å². The summed E-state index contributed by atoms with van der Waals surface area (Å²) in [5.41, 5.74) is 0.822. The number of nitrogens with zero attached hydrogens (tertiary/aromatic N) is 1. The lowest BCUT2D eigenvalue weighted by atomic mass is 10.2. The summed E-state index contributed by atoms with van der Waals surface area (Å²) in [5, 5.41) is 3.02. The Morgan fingerprint density at radius 1 is 1.42 bits per heavy atom. The van der Waals surface area contributed by atoms with Crippen LogP contribution in [0.3, 0.4) is 0 Å². The molecule has 1 aromatic carbocycles. The Labute approximate surface area is 119 Å². The van der Waals surface area contributed by atoms with Crippen molar-refractivity contribution in [1.29, 1.82) is 0 Å². The van der Waals surface area contributed by atoms with E-state index in [1.807, 2.05) is 30.9 Å². The molecule has 1 aliphatic rings. The molecular weight excluding hydrogens is 280 g/mol. The highest BCUT2D eigenvalue weighted by Gasteiger charge is 2.31. The molecule has 0 saturated carbocycles. The Morgan fingerprint density at radius 3 is 2.79 bits per heavy atom. The summed E-state index contributed by atoms with van der Waals surface area (Å²) < 4.78 is 27.0. The largest absolute Gasteiger partial charge is 0.316 e. The fourth-order valence-electron chi connectivity index (χ4n) is 2.25. The van der Waals surface area contributed by atoms with E-state index in [1.54, 1.807) is 23.5 Å². The van der Waals surface area contributed by atoms with E-state index in [4.69, 9.17) is 0 Å². The number of rotatable bonds is 5. The predicted molar refractivity (Wildman–Crippen MR) is 79.9 cm³/mol. The summed E-state index contributed by atoms with van der Waals surface area (Å²) in [6.45, 7) is 0.558. The fraction of sp³-hybridized carbons (Fsp3) is 0.538. The van der Waals surface area contributed by atoms with Crippen LogP contribution in [0.5, 0.6) is 0 Å². The summed E-state index contributed by atoms with van der Waals surface area (Å²) in [4.78, 5) is 0.420. The third kappa shape index (κ3) is 3.13. The quantitative estimate of drug-likeness (QED) is 0.896. The van der Waals surface area contributed by atoms with E-state index in [-0.39, 0.29) is 6.04 Å². The van der Waals surface area contributed by atoms with E-state index < -0.39 is 10.0 Å². The molecule has 1 saturated heterocycles. The highest BCUT2D eigenvalue weighted by Crippen LogP contribution is 2.27. The van der Waals surface area contributed by atoms with Crippen LogP contribution in [0.15, 0.2) is 29.2 Å². The van der Waals surface area contributed by atoms with Crippen LogP contribution < -0.4 is 5.32 Å². The molecule has 1 fully saturated rings. The second-order valence-corrected chi connectivity index (χ2v) is 7.79. The summed E-state index contributed by atoms with van der Waals surface area (Å²) in [7, 11) is 0.121. The summed E-state index contributed by atoms with van der Waals surface area (Å²) in [6.07, 6.45) is 0.939. The van der Waals surface area contributed by atoms with Crippen molar-refractivity contribution in [2.24, 2.45) is 0 Å². The van der Waals surface area contributed by atoms with E-state index in [9.17, 15) is 8.42 Å². The monoisotopic (exact) mass is 300 g/mol. The molecule has 19 heavy (non-hydrogen) atoms. The van der Waals surface area contributed by atoms with Crippen LogP contribution in [0.4, 0.5) is 0 Å². The summed E-state index contributed by atoms with van der Waals surface area (Å²) in [5.74, 6) is 1.94. The maximum atomic E-state index is 12.7. The molecule has 4 nitrogen and oxygen atoms in total. The van der Waals surface area contributed by atoms with Crippen LogP contribution in [0.25, 0.3) is 0 Å². The molecule has 0 spiro atoms. The molecule has 0 amide bonds. The number of hydrogen-bond donors (Lipinski definition) is 1. The van der Waals surface area contributed by atoms with Crippen molar-refractivity contribution in [2.45, 2.75) is 23.9 Å². The van der Waals surface area contributed by atoms with Crippen molar-refractivity contribution < 1.29 is 8.42 Å². The number of hydrogen-bond acceptors (Lipinski definition) is 4. The van der Waals surface area contributed by atoms with Gasteiger partial charge in [0.1, 0.15) is 0 Å². The second-order valence-electron chi connectivity index (χ2n) is 4.68. The Morgan fingerprint density at radius 2 is 2.16 bits per heavy atom. The smallest absolute Gasteiger partial charge is 0.243 e. The molecule has 2 rings (SSSR count). The van der Waals surface area contributed by atoms with Gasteiger partial charge in [0.05, 0.1) is 4.90 Å². The zero-order valence-electron chi connectivity index (χ0n) is 11.3. The first-order valence-electron chi connectivity index (χ1n) is 6.35. The van der Waals surface area contributed by atoms with Gasteiger partial charge in [-0.25, -0.2) is 8.42 Å². The normalized spacial score (nSPS) is 20.1. The summed E-state index contributed by atoms with van der Waals surface area (Å²) in [6, 6.07) is 7.33. The average Bonchev–Trinajstić information content (AvgIpc) is 2.92. The maximum Gasteiger partial charge on any atom is 0.243 e. The Bertz CT molecular complexity index is 525. The van der Waals surface area contributed by atoms with Crippen molar-refractivity contribution in [1.82, 2.24) is 9.62 Å². The van der Waals surface area contributed by atoms with E-state index in [0.717, 1.165) is 23.5 Å². The van der Waals surface area contributed by atoms with Gasteiger partial charge in [0.15, 0.2) is 0 Å². The third-order valence-corrected chi connectivity index (χ3v) is 6.57. The SMILES string of the molecule is CNCc1ccccc1S(=O)(=O)N(C)C1CCSC1. The third-order valence-electron chi connectivity index (χ3n) is 3.42. The molecule has 0 radical (unpaired) electrons. The molecule has 0 bridgehead atoms. The van der Waals surface area contributed by atoms with Gasteiger partial charge in [-0.05, 0) is 30.9 Å². The molecule has 106 valence electrons. The minimum Gasteiger partial charge on any atom is -0.316 e. The second kappa shape index (κ2) is 6.26. The van der Waals surface area contributed by atoms with Crippen molar-refractivity contribution in [3.05, 3.63) is 29.8 Å². The number of benzene rings is 1. The summed E-state index contributed by atoms with van der Waals surface area (Å²) >= 11 is 1.82. The molecule has 0 aliphatic carbocycles. The van der Waals surface area contributed by atoms with Crippen LogP contribution in [0.2, 0.25) is 0 Å². The first-order chi connectivity index (χ1) is 9.07. The maximum absolute atomic E-state index is 12.7. The standard InChI is InChI=1S/C13H20N2O2S2/c1-14-9-11-5-3-4-6-13(11)19(16,17)15(2)12-7-8-18-10-12/h3-6,12,14H,7-10H2,1-2H3. The Kier molecular flexibility index (Phi) is 4.89. The highest BCUT2D eigenvalue weighted by atomic mass is 32.2.